The first-order valence-corrected chi connectivity index (χ1v) is 6.73. The lowest BCUT2D eigenvalue weighted by Crippen LogP contribution is -2.23. The van der Waals surface area contributed by atoms with Gasteiger partial charge in [-0.1, -0.05) is 12.1 Å². The van der Waals surface area contributed by atoms with Crippen molar-refractivity contribution in [3.05, 3.63) is 52.7 Å². The standard InChI is InChI=1S/C15H15N5O2/c1-20(15-16-8-7-13(19-15)22-2)9-12-17-11-6-4-3-5-10(11)14(21)18-12/h3-8H,9H2,1-2H3,(H,17,18,21). The average Bonchev–Trinajstić information content (AvgIpc) is 2.55. The zero-order chi connectivity index (χ0) is 15.5. The molecule has 0 atom stereocenters. The Labute approximate surface area is 126 Å². The fraction of sp³-hybridized carbons (Fsp3) is 0.200. The van der Waals surface area contributed by atoms with E-state index in [1.165, 1.54) is 0 Å². The molecule has 7 heteroatoms. The topological polar surface area (TPSA) is 84.0 Å². The molecule has 7 nitrogen and oxygen atoms in total. The van der Waals surface area contributed by atoms with E-state index in [-0.39, 0.29) is 5.56 Å². The van der Waals surface area contributed by atoms with Gasteiger partial charge in [0.15, 0.2) is 0 Å². The zero-order valence-electron chi connectivity index (χ0n) is 12.3. The Morgan fingerprint density at radius 1 is 1.23 bits per heavy atom. The van der Waals surface area contributed by atoms with Crippen LogP contribution in [0, 0.1) is 0 Å². The number of hydrogen-bond donors (Lipinski definition) is 1. The fourth-order valence-corrected chi connectivity index (χ4v) is 2.14. The van der Waals surface area contributed by atoms with Crippen LogP contribution in [0.3, 0.4) is 0 Å². The highest BCUT2D eigenvalue weighted by atomic mass is 16.5. The lowest BCUT2D eigenvalue weighted by Gasteiger charge is -2.16. The number of H-pyrrole nitrogens is 1. The molecule has 0 spiro atoms. The van der Waals surface area contributed by atoms with E-state index in [2.05, 4.69) is 19.9 Å². The van der Waals surface area contributed by atoms with Crippen molar-refractivity contribution < 1.29 is 4.74 Å². The van der Waals surface area contributed by atoms with Crippen LogP contribution in [0.15, 0.2) is 41.3 Å². The first-order valence-electron chi connectivity index (χ1n) is 6.73. The van der Waals surface area contributed by atoms with Crippen LogP contribution < -0.4 is 15.2 Å². The van der Waals surface area contributed by atoms with Crippen LogP contribution in [0.1, 0.15) is 5.82 Å². The summed E-state index contributed by atoms with van der Waals surface area (Å²) in [5.41, 5.74) is 0.516. The molecule has 0 saturated carbocycles. The van der Waals surface area contributed by atoms with Gasteiger partial charge in [-0.15, -0.1) is 0 Å². The van der Waals surface area contributed by atoms with Gasteiger partial charge >= 0.3 is 0 Å². The minimum Gasteiger partial charge on any atom is -0.481 e. The van der Waals surface area contributed by atoms with Crippen molar-refractivity contribution in [3.8, 4) is 5.88 Å². The smallest absolute Gasteiger partial charge is 0.258 e. The molecule has 1 N–H and O–H groups in total. The molecule has 0 saturated heterocycles. The predicted molar refractivity (Wildman–Crippen MR) is 83.1 cm³/mol. The molecule has 3 aromatic rings. The summed E-state index contributed by atoms with van der Waals surface area (Å²) in [5, 5.41) is 0.575. The highest BCUT2D eigenvalue weighted by Gasteiger charge is 2.09. The molecule has 3 rings (SSSR count). The van der Waals surface area contributed by atoms with Crippen molar-refractivity contribution >= 4 is 16.9 Å². The maximum Gasteiger partial charge on any atom is 0.258 e. The van der Waals surface area contributed by atoms with Crippen LogP contribution >= 0.6 is 0 Å². The van der Waals surface area contributed by atoms with Crippen molar-refractivity contribution in [1.82, 2.24) is 19.9 Å². The maximum absolute atomic E-state index is 12.1. The van der Waals surface area contributed by atoms with E-state index in [1.807, 2.05) is 25.2 Å². The van der Waals surface area contributed by atoms with Gasteiger partial charge in [0.2, 0.25) is 11.8 Å². The summed E-state index contributed by atoms with van der Waals surface area (Å²) in [5.74, 6) is 1.53. The molecule has 0 aliphatic heterocycles. The van der Waals surface area contributed by atoms with Crippen molar-refractivity contribution in [1.29, 1.82) is 0 Å². The van der Waals surface area contributed by atoms with Crippen molar-refractivity contribution in [2.75, 3.05) is 19.1 Å². The normalized spacial score (nSPS) is 10.6. The summed E-state index contributed by atoms with van der Waals surface area (Å²) in [6.07, 6.45) is 1.62. The third-order valence-corrected chi connectivity index (χ3v) is 3.22. The van der Waals surface area contributed by atoms with Crippen LogP contribution in [0.2, 0.25) is 0 Å². The number of aromatic amines is 1. The second kappa shape index (κ2) is 5.80. The number of fused-ring (bicyclic) bond motifs is 1. The Hall–Kier alpha value is -2.96. The van der Waals surface area contributed by atoms with Gasteiger partial charge in [0.25, 0.3) is 5.56 Å². The second-order valence-electron chi connectivity index (χ2n) is 4.78. The minimum atomic E-state index is -0.152. The SMILES string of the molecule is COc1ccnc(N(C)Cc2nc3ccccc3c(=O)[nH]2)n1. The fourth-order valence-electron chi connectivity index (χ4n) is 2.14. The summed E-state index contributed by atoms with van der Waals surface area (Å²) >= 11 is 0. The van der Waals surface area contributed by atoms with E-state index >= 15 is 0 Å². The first kappa shape index (κ1) is 14.0. The Morgan fingerprint density at radius 2 is 2.05 bits per heavy atom. The van der Waals surface area contributed by atoms with Gasteiger partial charge in [0.05, 0.1) is 24.6 Å². The Kier molecular flexibility index (Phi) is 3.69. The molecule has 0 aliphatic rings. The zero-order valence-corrected chi connectivity index (χ0v) is 12.3. The van der Waals surface area contributed by atoms with Gasteiger partial charge in [-0.2, -0.15) is 4.98 Å². The molecule has 22 heavy (non-hydrogen) atoms. The molecular weight excluding hydrogens is 282 g/mol. The van der Waals surface area contributed by atoms with Gasteiger partial charge in [0.1, 0.15) is 5.82 Å². The summed E-state index contributed by atoms with van der Waals surface area (Å²) in [4.78, 5) is 29.5. The van der Waals surface area contributed by atoms with E-state index in [0.717, 1.165) is 0 Å². The lowest BCUT2D eigenvalue weighted by molar-refractivity contribution is 0.397. The number of aromatic nitrogens is 4. The van der Waals surface area contributed by atoms with Gasteiger partial charge < -0.3 is 14.6 Å². The number of ether oxygens (including phenoxy) is 1. The van der Waals surface area contributed by atoms with Crippen molar-refractivity contribution in [3.63, 3.8) is 0 Å². The average molecular weight is 297 g/mol. The number of methoxy groups -OCH3 is 1. The highest BCUT2D eigenvalue weighted by molar-refractivity contribution is 5.77. The van der Waals surface area contributed by atoms with Crippen molar-refractivity contribution in [2.24, 2.45) is 0 Å². The molecular formula is C15H15N5O2. The molecule has 0 radical (unpaired) electrons. The monoisotopic (exact) mass is 297 g/mol. The van der Waals surface area contributed by atoms with Crippen LogP contribution in [0.5, 0.6) is 5.88 Å². The van der Waals surface area contributed by atoms with Crippen molar-refractivity contribution in [2.45, 2.75) is 6.54 Å². The number of nitrogens with one attached hydrogen (secondary N) is 1. The molecule has 112 valence electrons. The largest absolute Gasteiger partial charge is 0.481 e. The summed E-state index contributed by atoms with van der Waals surface area (Å²) in [6.45, 7) is 0.382. The predicted octanol–water partition coefficient (Wildman–Crippen LogP) is 1.36. The Morgan fingerprint density at radius 3 is 2.86 bits per heavy atom. The molecule has 2 heterocycles. The molecule has 2 aromatic heterocycles. The Bertz CT molecular complexity index is 862. The minimum absolute atomic E-state index is 0.152. The summed E-state index contributed by atoms with van der Waals surface area (Å²) < 4.78 is 5.08. The molecule has 0 amide bonds. The maximum atomic E-state index is 12.1. The number of nitrogens with zero attached hydrogens (tertiary/aromatic N) is 4. The van der Waals surface area contributed by atoms with E-state index < -0.39 is 0 Å². The van der Waals surface area contributed by atoms with Crippen LogP contribution in [0.4, 0.5) is 5.95 Å². The molecule has 1 aromatic carbocycles. The highest BCUT2D eigenvalue weighted by Crippen LogP contribution is 2.13. The van der Waals surface area contributed by atoms with Gasteiger partial charge in [-0.3, -0.25) is 4.79 Å². The van der Waals surface area contributed by atoms with Gasteiger partial charge in [0, 0.05) is 19.3 Å². The number of benzene rings is 1. The number of anilines is 1. The molecule has 0 aliphatic carbocycles. The van der Waals surface area contributed by atoms with E-state index in [0.29, 0.717) is 35.1 Å². The quantitative estimate of drug-likeness (QED) is 0.782. The molecule has 0 fully saturated rings. The lowest BCUT2D eigenvalue weighted by atomic mass is 10.2. The van der Waals surface area contributed by atoms with E-state index in [1.54, 1.807) is 30.3 Å². The van der Waals surface area contributed by atoms with Crippen LogP contribution in [-0.2, 0) is 6.54 Å². The third kappa shape index (κ3) is 2.73. The van der Waals surface area contributed by atoms with Gasteiger partial charge in [-0.05, 0) is 12.1 Å². The van der Waals surface area contributed by atoms with E-state index in [4.69, 9.17) is 4.74 Å². The Balaban J connectivity index is 1.90. The molecule has 0 unspecified atom stereocenters. The second-order valence-corrected chi connectivity index (χ2v) is 4.78. The number of para-hydroxylation sites is 1. The summed E-state index contributed by atoms with van der Waals surface area (Å²) in [7, 11) is 3.37. The third-order valence-electron chi connectivity index (χ3n) is 3.22. The van der Waals surface area contributed by atoms with E-state index in [9.17, 15) is 4.79 Å². The van der Waals surface area contributed by atoms with Crippen LogP contribution in [-0.4, -0.2) is 34.1 Å². The summed E-state index contributed by atoms with van der Waals surface area (Å²) in [6, 6.07) is 8.91. The first-order chi connectivity index (χ1) is 10.7. The number of hydrogen-bond acceptors (Lipinski definition) is 6. The van der Waals surface area contributed by atoms with Crippen LogP contribution in [0.25, 0.3) is 10.9 Å². The van der Waals surface area contributed by atoms with Gasteiger partial charge in [-0.25, -0.2) is 9.97 Å². The molecule has 0 bridgehead atoms. The number of rotatable bonds is 4.